The molecule has 0 saturated carbocycles. The summed E-state index contributed by atoms with van der Waals surface area (Å²) in [6, 6.07) is 0. The highest BCUT2D eigenvalue weighted by atomic mass is 14.3. The van der Waals surface area contributed by atoms with Crippen LogP contribution in [0.5, 0.6) is 0 Å². The Balaban J connectivity index is 2.75. The molecule has 0 bridgehead atoms. The zero-order chi connectivity index (χ0) is 10.1. The van der Waals surface area contributed by atoms with Gasteiger partial charge >= 0.3 is 0 Å². The van der Waals surface area contributed by atoms with Crippen LogP contribution < -0.4 is 0 Å². The van der Waals surface area contributed by atoms with E-state index in [4.69, 9.17) is 0 Å². The maximum Gasteiger partial charge on any atom is -0.0172 e. The van der Waals surface area contributed by atoms with Crippen LogP contribution in [0.15, 0.2) is 12.2 Å². The summed E-state index contributed by atoms with van der Waals surface area (Å²) in [5.41, 5.74) is 0.919. The Morgan fingerprint density at radius 1 is 1.08 bits per heavy atom. The SMILES string of the molecule is CC1CC(C)(C)C=CCC(C)(C)C1. The third kappa shape index (κ3) is 3.54. The van der Waals surface area contributed by atoms with Gasteiger partial charge in [0.25, 0.3) is 0 Å². The van der Waals surface area contributed by atoms with Crippen LogP contribution in [0, 0.1) is 16.7 Å². The molecule has 0 heteroatoms. The lowest BCUT2D eigenvalue weighted by molar-refractivity contribution is 0.223. The molecule has 0 heterocycles. The van der Waals surface area contributed by atoms with Crippen LogP contribution in [-0.2, 0) is 0 Å². The number of allylic oxidation sites excluding steroid dienone is 2. The molecule has 1 unspecified atom stereocenters. The lowest BCUT2D eigenvalue weighted by Gasteiger charge is -2.34. The van der Waals surface area contributed by atoms with Crippen molar-refractivity contribution in [3.05, 3.63) is 12.2 Å². The monoisotopic (exact) mass is 180 g/mol. The average Bonchev–Trinajstić information content (AvgIpc) is 1.79. The summed E-state index contributed by atoms with van der Waals surface area (Å²) in [7, 11) is 0. The fourth-order valence-corrected chi connectivity index (χ4v) is 2.76. The van der Waals surface area contributed by atoms with Gasteiger partial charge in [-0.2, -0.15) is 0 Å². The van der Waals surface area contributed by atoms with Crippen LogP contribution in [0.25, 0.3) is 0 Å². The van der Waals surface area contributed by atoms with E-state index in [0.29, 0.717) is 10.8 Å². The standard InChI is InChI=1S/C13H24/c1-11-9-12(2,3)7-6-8-13(4,5)10-11/h6-7,11H,8-10H2,1-5H3. The maximum atomic E-state index is 2.41. The van der Waals surface area contributed by atoms with Gasteiger partial charge in [-0.25, -0.2) is 0 Å². The fraction of sp³-hybridized carbons (Fsp3) is 0.846. The number of rotatable bonds is 0. The smallest absolute Gasteiger partial charge is 0.0172 e. The van der Waals surface area contributed by atoms with Crippen LogP contribution in [0.4, 0.5) is 0 Å². The van der Waals surface area contributed by atoms with Crippen molar-refractivity contribution in [2.75, 3.05) is 0 Å². The van der Waals surface area contributed by atoms with Crippen molar-refractivity contribution >= 4 is 0 Å². The van der Waals surface area contributed by atoms with Crippen LogP contribution in [-0.4, -0.2) is 0 Å². The summed E-state index contributed by atoms with van der Waals surface area (Å²) >= 11 is 0. The minimum absolute atomic E-state index is 0.413. The van der Waals surface area contributed by atoms with Crippen molar-refractivity contribution in [2.45, 2.75) is 53.9 Å². The minimum atomic E-state index is 0.413. The highest BCUT2D eigenvalue weighted by molar-refractivity contribution is 5.00. The molecular weight excluding hydrogens is 156 g/mol. The maximum absolute atomic E-state index is 2.41. The molecule has 1 aliphatic carbocycles. The normalized spacial score (nSPS) is 32.2. The van der Waals surface area contributed by atoms with Gasteiger partial charge in [-0.05, 0) is 36.0 Å². The van der Waals surface area contributed by atoms with Gasteiger partial charge in [0, 0.05) is 0 Å². The van der Waals surface area contributed by atoms with Gasteiger partial charge in [0.05, 0.1) is 0 Å². The zero-order valence-electron chi connectivity index (χ0n) is 9.85. The molecule has 0 N–H and O–H groups in total. The molecule has 0 aromatic carbocycles. The second-order valence-electron chi connectivity index (χ2n) is 6.27. The topological polar surface area (TPSA) is 0 Å². The van der Waals surface area contributed by atoms with Gasteiger partial charge in [0.1, 0.15) is 0 Å². The average molecular weight is 180 g/mol. The Labute approximate surface area is 83.4 Å². The molecule has 0 nitrogen and oxygen atoms in total. The van der Waals surface area contributed by atoms with E-state index in [9.17, 15) is 0 Å². The highest BCUT2D eigenvalue weighted by Crippen LogP contribution is 2.38. The quantitative estimate of drug-likeness (QED) is 0.484. The molecule has 13 heavy (non-hydrogen) atoms. The zero-order valence-corrected chi connectivity index (χ0v) is 9.85. The molecule has 0 amide bonds. The van der Waals surface area contributed by atoms with Crippen LogP contribution in [0.3, 0.4) is 0 Å². The second-order valence-corrected chi connectivity index (χ2v) is 6.27. The van der Waals surface area contributed by atoms with Crippen molar-refractivity contribution in [3.63, 3.8) is 0 Å². The molecule has 0 spiro atoms. The summed E-state index contributed by atoms with van der Waals surface area (Å²) < 4.78 is 0. The van der Waals surface area contributed by atoms with E-state index in [0.717, 1.165) is 5.92 Å². The highest BCUT2D eigenvalue weighted by Gasteiger charge is 2.26. The van der Waals surface area contributed by atoms with E-state index in [1.807, 2.05) is 0 Å². The van der Waals surface area contributed by atoms with Crippen LogP contribution >= 0.6 is 0 Å². The van der Waals surface area contributed by atoms with Crippen molar-refractivity contribution in [1.29, 1.82) is 0 Å². The summed E-state index contributed by atoms with van der Waals surface area (Å²) in [5.74, 6) is 0.856. The largest absolute Gasteiger partial charge is 0.0875 e. The van der Waals surface area contributed by atoms with E-state index in [-0.39, 0.29) is 0 Å². The van der Waals surface area contributed by atoms with E-state index in [1.165, 1.54) is 19.3 Å². The Kier molecular flexibility index (Phi) is 2.89. The van der Waals surface area contributed by atoms with Crippen LogP contribution in [0.1, 0.15) is 53.9 Å². The predicted molar refractivity (Wildman–Crippen MR) is 59.7 cm³/mol. The molecule has 1 aliphatic rings. The van der Waals surface area contributed by atoms with Gasteiger partial charge in [-0.3, -0.25) is 0 Å². The van der Waals surface area contributed by atoms with Gasteiger partial charge in [-0.15, -0.1) is 0 Å². The van der Waals surface area contributed by atoms with Crippen molar-refractivity contribution in [2.24, 2.45) is 16.7 Å². The van der Waals surface area contributed by atoms with E-state index < -0.39 is 0 Å². The lowest BCUT2D eigenvalue weighted by Crippen LogP contribution is -2.22. The van der Waals surface area contributed by atoms with Crippen molar-refractivity contribution in [3.8, 4) is 0 Å². The first-order valence-electron chi connectivity index (χ1n) is 5.48. The summed E-state index contributed by atoms with van der Waals surface area (Å²) in [6.07, 6.45) is 8.71. The first-order valence-corrected chi connectivity index (χ1v) is 5.48. The third-order valence-corrected chi connectivity index (χ3v) is 3.02. The molecule has 0 aromatic rings. The van der Waals surface area contributed by atoms with E-state index in [2.05, 4.69) is 46.8 Å². The first kappa shape index (κ1) is 10.8. The Hall–Kier alpha value is -0.260. The molecule has 0 fully saturated rings. The molecule has 0 radical (unpaired) electrons. The predicted octanol–water partition coefficient (Wildman–Crippen LogP) is 4.42. The Morgan fingerprint density at radius 3 is 2.31 bits per heavy atom. The van der Waals surface area contributed by atoms with Gasteiger partial charge in [0.15, 0.2) is 0 Å². The Morgan fingerprint density at radius 2 is 1.69 bits per heavy atom. The van der Waals surface area contributed by atoms with Gasteiger partial charge in [0.2, 0.25) is 0 Å². The fourth-order valence-electron chi connectivity index (χ4n) is 2.76. The van der Waals surface area contributed by atoms with Crippen molar-refractivity contribution < 1.29 is 0 Å². The molecule has 1 atom stereocenters. The summed E-state index contributed by atoms with van der Waals surface area (Å²) in [6.45, 7) is 11.8. The molecule has 0 saturated heterocycles. The minimum Gasteiger partial charge on any atom is -0.0875 e. The Bertz CT molecular complexity index is 196. The molecule has 76 valence electrons. The van der Waals surface area contributed by atoms with Gasteiger partial charge < -0.3 is 0 Å². The number of hydrogen-bond donors (Lipinski definition) is 0. The summed E-state index contributed by atoms with van der Waals surface area (Å²) in [4.78, 5) is 0. The molecule has 0 aromatic heterocycles. The van der Waals surface area contributed by atoms with E-state index >= 15 is 0 Å². The van der Waals surface area contributed by atoms with Crippen molar-refractivity contribution in [1.82, 2.24) is 0 Å². The summed E-state index contributed by atoms with van der Waals surface area (Å²) in [5, 5.41) is 0. The van der Waals surface area contributed by atoms with Crippen LogP contribution in [0.2, 0.25) is 0 Å². The van der Waals surface area contributed by atoms with Gasteiger partial charge in [-0.1, -0.05) is 46.8 Å². The molecule has 0 aliphatic heterocycles. The first-order chi connectivity index (χ1) is 5.81. The molecule has 1 rings (SSSR count). The third-order valence-electron chi connectivity index (χ3n) is 3.02. The lowest BCUT2D eigenvalue weighted by atomic mass is 9.72. The van der Waals surface area contributed by atoms with E-state index in [1.54, 1.807) is 0 Å². The molecular formula is C13H24. The second kappa shape index (κ2) is 3.48. The number of hydrogen-bond acceptors (Lipinski definition) is 0.